The molecule has 47 heavy (non-hydrogen) atoms. The van der Waals surface area contributed by atoms with Crippen LogP contribution in [0.5, 0.6) is 11.8 Å². The number of nitrogens with zero attached hydrogens (tertiary/aromatic N) is 6. The van der Waals surface area contributed by atoms with Crippen molar-refractivity contribution >= 4 is 27.5 Å². The first-order valence-electron chi connectivity index (χ1n) is 16.6. The molecule has 1 N–H and O–H groups in total. The number of aromatic nitrogens is 3. The van der Waals surface area contributed by atoms with E-state index < -0.39 is 35.8 Å². The number of phenolic OH excluding ortho intramolecular Hbond substituents is 1. The van der Waals surface area contributed by atoms with Gasteiger partial charge in [0.1, 0.15) is 35.2 Å². The minimum absolute atomic E-state index is 0.0384. The van der Waals surface area contributed by atoms with E-state index in [2.05, 4.69) is 32.8 Å². The van der Waals surface area contributed by atoms with Crippen LogP contribution < -0.4 is 9.64 Å². The lowest BCUT2D eigenvalue weighted by Gasteiger charge is -2.39. The van der Waals surface area contributed by atoms with Crippen molar-refractivity contribution in [1.82, 2.24) is 24.8 Å². The summed E-state index contributed by atoms with van der Waals surface area (Å²) < 4.78 is 83.4. The number of pyridine rings is 1. The van der Waals surface area contributed by atoms with Gasteiger partial charge < -0.3 is 14.7 Å². The van der Waals surface area contributed by atoms with E-state index in [4.69, 9.17) is 13.9 Å². The van der Waals surface area contributed by atoms with Crippen LogP contribution in [0.25, 0.3) is 32.9 Å². The fourth-order valence-corrected chi connectivity index (χ4v) is 7.96. The maximum absolute atomic E-state index is 16.9. The van der Waals surface area contributed by atoms with E-state index >= 15 is 4.39 Å². The summed E-state index contributed by atoms with van der Waals surface area (Å²) in [5.74, 6) is 0.771. The highest BCUT2D eigenvalue weighted by atomic mass is 19.3. The molecule has 0 spiro atoms. The smallest absolute Gasteiger partial charge is 0.319 e. The average molecular weight is 647 g/mol. The number of phenols is 1. The van der Waals surface area contributed by atoms with Crippen LogP contribution in [-0.4, -0.2) is 87.3 Å². The molecule has 4 aliphatic rings. The number of hydrogen-bond acceptors (Lipinski definition) is 8. The van der Waals surface area contributed by atoms with Crippen molar-refractivity contribution in [2.45, 2.75) is 49.7 Å². The number of piperazine rings is 1. The fourth-order valence-electron chi connectivity index (χ4n) is 7.96. The van der Waals surface area contributed by atoms with Gasteiger partial charge in [0.2, 0.25) is 0 Å². The summed E-state index contributed by atoms with van der Waals surface area (Å²) in [4.78, 5) is 19.5. The summed E-state index contributed by atoms with van der Waals surface area (Å²) in [6.07, 6.45) is 7.85. The first-order chi connectivity index (χ1) is 23.4. The van der Waals surface area contributed by atoms with Gasteiger partial charge in [-0.15, -0.1) is 6.42 Å². The summed E-state index contributed by atoms with van der Waals surface area (Å²) >= 11 is 0. The van der Waals surface area contributed by atoms with E-state index in [-0.39, 0.29) is 75.9 Å². The lowest BCUT2D eigenvalue weighted by Crippen LogP contribution is -2.52. The summed E-state index contributed by atoms with van der Waals surface area (Å²) in [5, 5.41) is 11.3. The van der Waals surface area contributed by atoms with E-state index in [1.165, 1.54) is 30.5 Å². The van der Waals surface area contributed by atoms with Gasteiger partial charge in [-0.25, -0.2) is 8.78 Å². The predicted octanol–water partition coefficient (Wildman–Crippen LogP) is 5.86. The van der Waals surface area contributed by atoms with Gasteiger partial charge in [-0.2, -0.15) is 18.7 Å². The monoisotopic (exact) mass is 646 g/mol. The van der Waals surface area contributed by atoms with Gasteiger partial charge in [-0.05, 0) is 69.3 Å². The van der Waals surface area contributed by atoms with Crippen molar-refractivity contribution in [3.05, 3.63) is 59.3 Å². The molecule has 0 aliphatic carbocycles. The highest BCUT2D eigenvalue weighted by molar-refractivity contribution is 6.03. The number of terminal acetylenes is 1. The molecule has 4 aliphatic heterocycles. The summed E-state index contributed by atoms with van der Waals surface area (Å²) in [6.45, 7) is -1.03. The molecule has 242 valence electrons. The van der Waals surface area contributed by atoms with Gasteiger partial charge in [-0.1, -0.05) is 12.0 Å². The van der Waals surface area contributed by atoms with Gasteiger partial charge >= 0.3 is 6.01 Å². The molecule has 6 heterocycles. The maximum Gasteiger partial charge on any atom is 0.319 e. The van der Waals surface area contributed by atoms with Crippen LogP contribution in [0.1, 0.15) is 40.4 Å². The van der Waals surface area contributed by atoms with Crippen LogP contribution in [-0.2, 0) is 0 Å². The first-order valence-corrected chi connectivity index (χ1v) is 15.6. The second-order valence-electron chi connectivity index (χ2n) is 12.9. The van der Waals surface area contributed by atoms with Crippen LogP contribution in [0.2, 0.25) is 0 Å². The van der Waals surface area contributed by atoms with Crippen molar-refractivity contribution in [3.8, 4) is 35.4 Å². The second-order valence-corrected chi connectivity index (χ2v) is 12.9. The number of likely N-dealkylation sites (N-methyl/N-ethyl adjacent to an activating group) is 1. The third-order valence-electron chi connectivity index (χ3n) is 10.4. The van der Waals surface area contributed by atoms with Gasteiger partial charge in [-0.3, -0.25) is 14.8 Å². The van der Waals surface area contributed by atoms with Gasteiger partial charge in [0.25, 0.3) is 6.08 Å². The summed E-state index contributed by atoms with van der Waals surface area (Å²) in [6, 6.07) is 5.22. The molecule has 4 saturated heterocycles. The highest BCUT2D eigenvalue weighted by Gasteiger charge is 2.48. The van der Waals surface area contributed by atoms with E-state index in [9.17, 15) is 18.3 Å². The van der Waals surface area contributed by atoms with Crippen LogP contribution in [0.4, 0.5) is 23.4 Å². The topological polar surface area (TPSA) is 77.8 Å². The number of fused-ring (bicyclic) bond motifs is 5. The molecule has 2 aromatic carbocycles. The van der Waals surface area contributed by atoms with Crippen molar-refractivity contribution in [1.29, 1.82) is 0 Å². The Bertz CT molecular complexity index is 2110. The lowest BCUT2D eigenvalue weighted by atomic mass is 9.94. The van der Waals surface area contributed by atoms with E-state index in [1.807, 2.05) is 4.90 Å². The summed E-state index contributed by atoms with van der Waals surface area (Å²) in [7, 11) is 2.07. The van der Waals surface area contributed by atoms with Gasteiger partial charge in [0.05, 0.1) is 19.2 Å². The minimum Gasteiger partial charge on any atom is -0.508 e. The molecule has 8 rings (SSSR count). The number of halogens is 4. The van der Waals surface area contributed by atoms with E-state index in [0.29, 0.717) is 37.3 Å². The van der Waals surface area contributed by atoms with Crippen LogP contribution in [0.3, 0.4) is 0 Å². The number of rotatable bonds is 5. The average Bonchev–Trinajstić information content (AvgIpc) is 3.69. The lowest BCUT2D eigenvalue weighted by molar-refractivity contribution is 0.108. The molecule has 0 saturated carbocycles. The molecule has 4 fully saturated rings. The molecule has 3 atom stereocenters. The Hall–Kier alpha value is -4.47. The maximum atomic E-state index is 16.9. The molecule has 2 bridgehead atoms. The third-order valence-corrected chi connectivity index (χ3v) is 10.4. The standard InChI is InChI=1S/C35H32F4N6O2/c1-3-24-27(36)8-5-19-11-23(46)12-25(28(19)24)30-29(37)31-26(14-40-30)33(44-16-21-6-7-22(17-44)43(21)2)42-34(41-31)47-18-35-9-4-10-45(35)15-20(13-35)32(38)39/h1,5,8,11-12,14,21-22,46H,4,6-7,9-10,13,15-18H2,2H3/t21-,22+,35?/i18D2. The Kier molecular flexibility index (Phi) is 6.50. The van der Waals surface area contributed by atoms with Crippen LogP contribution >= 0.6 is 0 Å². The SMILES string of the molecule is [2H]C([2H])(Oc1nc(N2C[C@H]3CC[C@@H](C2)N3C)c2cnc(-c3cc(O)cc4ccc(F)c(C#C)c34)c(F)c2n1)C12CCCN1CC(=C(F)F)C2. The van der Waals surface area contributed by atoms with Gasteiger partial charge in [0, 0.05) is 54.4 Å². The largest absolute Gasteiger partial charge is 0.508 e. The number of hydrogen-bond donors (Lipinski definition) is 1. The number of anilines is 1. The van der Waals surface area contributed by atoms with Crippen molar-refractivity contribution in [2.75, 3.05) is 44.7 Å². The zero-order valence-corrected chi connectivity index (χ0v) is 25.5. The second kappa shape index (κ2) is 11.1. The first kappa shape index (κ1) is 27.6. The number of ether oxygens (including phenoxy) is 1. The fraction of sp³-hybridized carbons (Fsp3) is 0.400. The minimum atomic E-state index is -2.53. The van der Waals surface area contributed by atoms with Crippen molar-refractivity contribution < 1.29 is 30.1 Å². The molecule has 1 unspecified atom stereocenters. The van der Waals surface area contributed by atoms with Crippen LogP contribution in [0, 0.1) is 24.0 Å². The molecule has 0 radical (unpaired) electrons. The number of aromatic hydroxyl groups is 1. The molecular formula is C35H32F4N6O2. The summed E-state index contributed by atoms with van der Waals surface area (Å²) in [5.41, 5.74) is -2.10. The third kappa shape index (κ3) is 4.78. The Morgan fingerprint density at radius 1 is 1.19 bits per heavy atom. The molecule has 12 heteroatoms. The van der Waals surface area contributed by atoms with E-state index in [1.54, 1.807) is 4.90 Å². The van der Waals surface area contributed by atoms with Crippen molar-refractivity contribution in [2.24, 2.45) is 0 Å². The quantitative estimate of drug-likeness (QED) is 0.214. The molecule has 0 amide bonds. The Morgan fingerprint density at radius 2 is 1.98 bits per heavy atom. The Balaban J connectivity index is 1.30. The number of benzene rings is 2. The van der Waals surface area contributed by atoms with Crippen LogP contribution in [0.15, 0.2) is 42.1 Å². The normalized spacial score (nSPS) is 25.3. The van der Waals surface area contributed by atoms with E-state index in [0.717, 1.165) is 12.8 Å². The zero-order chi connectivity index (χ0) is 34.4. The predicted molar refractivity (Wildman–Crippen MR) is 169 cm³/mol. The Labute approximate surface area is 271 Å². The molecule has 8 nitrogen and oxygen atoms in total. The van der Waals surface area contributed by atoms with Gasteiger partial charge in [0.15, 0.2) is 5.82 Å². The Morgan fingerprint density at radius 3 is 2.72 bits per heavy atom. The zero-order valence-electron chi connectivity index (χ0n) is 27.5. The highest BCUT2D eigenvalue weighted by Crippen LogP contribution is 2.44. The molecule has 2 aromatic heterocycles. The molecular weight excluding hydrogens is 612 g/mol. The van der Waals surface area contributed by atoms with Crippen molar-refractivity contribution in [3.63, 3.8) is 0 Å². The molecule has 4 aromatic rings.